The zero-order chi connectivity index (χ0) is 22.0. The van der Waals surface area contributed by atoms with Gasteiger partial charge in [-0.1, -0.05) is 30.3 Å². The molecule has 3 aromatic rings. The summed E-state index contributed by atoms with van der Waals surface area (Å²) in [5.74, 6) is 0. The van der Waals surface area contributed by atoms with Crippen molar-refractivity contribution < 1.29 is 8.42 Å². The molecular weight excluding hydrogens is 412 g/mol. The summed E-state index contributed by atoms with van der Waals surface area (Å²) in [6.45, 7) is 7.00. The molecule has 0 saturated carbocycles. The molecule has 1 fully saturated rings. The molecule has 1 saturated heterocycles. The molecule has 0 atom stereocenters. The van der Waals surface area contributed by atoms with E-state index in [1.807, 2.05) is 31.2 Å². The molecule has 1 aromatic heterocycles. The summed E-state index contributed by atoms with van der Waals surface area (Å²) < 4.78 is 30.1. The van der Waals surface area contributed by atoms with Gasteiger partial charge in [-0.15, -0.1) is 0 Å². The Balaban J connectivity index is 1.64. The molecule has 8 heteroatoms. The minimum Gasteiger partial charge on any atom is -0.301 e. The third kappa shape index (κ3) is 4.71. The highest BCUT2D eigenvalue weighted by molar-refractivity contribution is 7.89. The molecular formula is C23H28N4O3S. The average molecular weight is 441 g/mol. The van der Waals surface area contributed by atoms with E-state index in [9.17, 15) is 13.2 Å². The van der Waals surface area contributed by atoms with Crippen molar-refractivity contribution in [3.8, 4) is 0 Å². The third-order valence-electron chi connectivity index (χ3n) is 5.83. The van der Waals surface area contributed by atoms with E-state index >= 15 is 0 Å². The van der Waals surface area contributed by atoms with Gasteiger partial charge in [-0.05, 0) is 63.0 Å². The molecule has 2 aromatic carbocycles. The Morgan fingerprint density at radius 1 is 1.00 bits per heavy atom. The number of likely N-dealkylation sites (tertiary alicyclic amines) is 1. The van der Waals surface area contributed by atoms with Gasteiger partial charge in [0.2, 0.25) is 10.0 Å². The normalized spacial score (nSPS) is 15.0. The van der Waals surface area contributed by atoms with Crippen LogP contribution in [-0.4, -0.2) is 42.7 Å². The number of aryl methyl sites for hydroxylation is 2. The molecule has 1 aliphatic heterocycles. The molecule has 31 heavy (non-hydrogen) atoms. The quantitative estimate of drug-likeness (QED) is 0.611. The van der Waals surface area contributed by atoms with Crippen molar-refractivity contribution >= 4 is 20.8 Å². The van der Waals surface area contributed by atoms with Crippen LogP contribution in [0, 0.1) is 13.8 Å². The zero-order valence-electron chi connectivity index (χ0n) is 18.0. The van der Waals surface area contributed by atoms with Crippen LogP contribution in [0.4, 0.5) is 0 Å². The summed E-state index contributed by atoms with van der Waals surface area (Å²) in [5, 5.41) is 5.78. The molecule has 0 radical (unpaired) electrons. The van der Waals surface area contributed by atoms with Gasteiger partial charge in [0.05, 0.1) is 29.1 Å². The predicted molar refractivity (Wildman–Crippen MR) is 122 cm³/mol. The highest BCUT2D eigenvalue weighted by atomic mass is 32.2. The minimum absolute atomic E-state index is 0.0141. The van der Waals surface area contributed by atoms with Gasteiger partial charge in [0.25, 0.3) is 5.56 Å². The van der Waals surface area contributed by atoms with Gasteiger partial charge >= 0.3 is 0 Å². The predicted octanol–water partition coefficient (Wildman–Crippen LogP) is 2.59. The zero-order valence-corrected chi connectivity index (χ0v) is 18.8. The first-order valence-corrected chi connectivity index (χ1v) is 12.1. The molecule has 164 valence electrons. The van der Waals surface area contributed by atoms with Crippen LogP contribution >= 0.6 is 0 Å². The maximum atomic E-state index is 13.0. The number of hydrogen-bond donors (Lipinski definition) is 1. The largest absolute Gasteiger partial charge is 0.301 e. The number of aromatic nitrogens is 2. The number of fused-ring (bicyclic) bond motifs is 1. The lowest BCUT2D eigenvalue weighted by molar-refractivity contribution is 0.312. The molecule has 0 aliphatic carbocycles. The van der Waals surface area contributed by atoms with E-state index in [1.54, 1.807) is 25.1 Å². The number of rotatable bonds is 7. The Kier molecular flexibility index (Phi) is 6.22. The van der Waals surface area contributed by atoms with Gasteiger partial charge in [0.15, 0.2) is 0 Å². The Morgan fingerprint density at radius 2 is 1.71 bits per heavy atom. The average Bonchev–Trinajstić information content (AvgIpc) is 3.28. The van der Waals surface area contributed by atoms with E-state index in [-0.39, 0.29) is 17.0 Å². The van der Waals surface area contributed by atoms with Crippen molar-refractivity contribution in [2.45, 2.75) is 44.7 Å². The van der Waals surface area contributed by atoms with Crippen molar-refractivity contribution in [1.29, 1.82) is 0 Å². The first-order valence-electron chi connectivity index (χ1n) is 10.6. The molecule has 0 bridgehead atoms. The highest BCUT2D eigenvalue weighted by Crippen LogP contribution is 2.18. The van der Waals surface area contributed by atoms with Crippen molar-refractivity contribution in [3.05, 3.63) is 69.6 Å². The molecule has 1 N–H and O–H groups in total. The molecule has 0 unspecified atom stereocenters. The number of sulfonamides is 1. The first kappa shape index (κ1) is 21.7. The Hall–Kier alpha value is -2.55. The van der Waals surface area contributed by atoms with Gasteiger partial charge in [0, 0.05) is 11.9 Å². The van der Waals surface area contributed by atoms with E-state index in [0.29, 0.717) is 28.6 Å². The van der Waals surface area contributed by atoms with Crippen LogP contribution < -0.4 is 10.3 Å². The van der Waals surface area contributed by atoms with E-state index < -0.39 is 10.0 Å². The molecule has 0 amide bonds. The van der Waals surface area contributed by atoms with E-state index in [2.05, 4.69) is 14.7 Å². The fourth-order valence-corrected chi connectivity index (χ4v) is 5.38. The maximum Gasteiger partial charge on any atom is 0.274 e. The van der Waals surface area contributed by atoms with Crippen LogP contribution in [0.1, 0.15) is 29.7 Å². The second-order valence-corrected chi connectivity index (χ2v) is 9.90. The Labute approximate surface area is 182 Å². The minimum atomic E-state index is -3.71. The number of hydrogen-bond acceptors (Lipinski definition) is 5. The van der Waals surface area contributed by atoms with Gasteiger partial charge in [0.1, 0.15) is 0 Å². The van der Waals surface area contributed by atoms with Crippen molar-refractivity contribution in [2.75, 3.05) is 19.6 Å². The lowest BCUT2D eigenvalue weighted by atomic mass is 10.1. The highest BCUT2D eigenvalue weighted by Gasteiger charge is 2.19. The Morgan fingerprint density at radius 3 is 2.45 bits per heavy atom. The Bertz CT molecular complexity index is 1260. The summed E-state index contributed by atoms with van der Waals surface area (Å²) in [6, 6.07) is 12.6. The fraction of sp³-hybridized carbons (Fsp3) is 0.391. The standard InChI is InChI=1S/C23H28N4O3S/c1-17-9-10-18(2)22(15-17)31(29,30)24-16-21-19-7-3-4-8-20(19)23(28)27(25-21)14-13-26-11-5-6-12-26/h3-4,7-10,15,24H,5-6,11-14,16H2,1-2H3. The lowest BCUT2D eigenvalue weighted by Gasteiger charge is -2.16. The van der Waals surface area contributed by atoms with E-state index in [4.69, 9.17) is 0 Å². The van der Waals surface area contributed by atoms with Crippen molar-refractivity contribution in [3.63, 3.8) is 0 Å². The van der Waals surface area contributed by atoms with Crippen LogP contribution in [0.15, 0.2) is 52.2 Å². The first-order chi connectivity index (χ1) is 14.8. The van der Waals surface area contributed by atoms with Crippen molar-refractivity contribution in [2.24, 2.45) is 0 Å². The molecule has 1 aliphatic rings. The van der Waals surface area contributed by atoms with Crippen LogP contribution in [0.25, 0.3) is 10.8 Å². The molecule has 2 heterocycles. The summed E-state index contributed by atoms with van der Waals surface area (Å²) in [5.41, 5.74) is 1.97. The topological polar surface area (TPSA) is 84.3 Å². The number of benzene rings is 2. The summed E-state index contributed by atoms with van der Waals surface area (Å²) in [4.78, 5) is 15.5. The summed E-state index contributed by atoms with van der Waals surface area (Å²) in [6.07, 6.45) is 2.37. The SMILES string of the molecule is Cc1ccc(C)c(S(=O)(=O)NCc2nn(CCN3CCCC3)c(=O)c3ccccc23)c1. The molecule has 0 spiro atoms. The van der Waals surface area contributed by atoms with Gasteiger partial charge in [-0.25, -0.2) is 17.8 Å². The van der Waals surface area contributed by atoms with Gasteiger partial charge in [-0.3, -0.25) is 4.79 Å². The van der Waals surface area contributed by atoms with Crippen molar-refractivity contribution in [1.82, 2.24) is 19.4 Å². The third-order valence-corrected chi connectivity index (χ3v) is 7.38. The molecule has 4 rings (SSSR count). The molecule has 7 nitrogen and oxygen atoms in total. The monoisotopic (exact) mass is 440 g/mol. The second kappa shape index (κ2) is 8.90. The number of nitrogens with zero attached hydrogens (tertiary/aromatic N) is 3. The van der Waals surface area contributed by atoms with Crippen LogP contribution in [0.2, 0.25) is 0 Å². The van der Waals surface area contributed by atoms with E-state index in [0.717, 1.165) is 25.2 Å². The van der Waals surface area contributed by atoms with Crippen LogP contribution in [-0.2, 0) is 23.1 Å². The maximum absolute atomic E-state index is 13.0. The smallest absolute Gasteiger partial charge is 0.274 e. The van der Waals surface area contributed by atoms with Crippen LogP contribution in [0.3, 0.4) is 0 Å². The van der Waals surface area contributed by atoms with Gasteiger partial charge in [-0.2, -0.15) is 5.10 Å². The summed E-state index contributed by atoms with van der Waals surface area (Å²) in [7, 11) is -3.71. The fourth-order valence-electron chi connectivity index (χ4n) is 4.07. The summed E-state index contributed by atoms with van der Waals surface area (Å²) >= 11 is 0. The lowest BCUT2D eigenvalue weighted by Crippen LogP contribution is -2.32. The second-order valence-electron chi connectivity index (χ2n) is 8.16. The van der Waals surface area contributed by atoms with E-state index in [1.165, 1.54) is 17.5 Å². The number of nitrogens with one attached hydrogen (secondary N) is 1. The van der Waals surface area contributed by atoms with Crippen LogP contribution in [0.5, 0.6) is 0 Å². The van der Waals surface area contributed by atoms with Gasteiger partial charge < -0.3 is 4.90 Å².